The average Bonchev–Trinajstić information content (AvgIpc) is 2.43. The van der Waals surface area contributed by atoms with Crippen molar-refractivity contribution >= 4 is 21.8 Å². The zero-order chi connectivity index (χ0) is 15.6. The Morgan fingerprint density at radius 3 is 2.38 bits per heavy atom. The third kappa shape index (κ3) is 3.73. The SMILES string of the molecule is Cc1ccc(Br)c(C(=O)NC(C)c2cc(C)ccc2C)c1. The van der Waals surface area contributed by atoms with Crippen LogP contribution in [0.3, 0.4) is 0 Å². The van der Waals surface area contributed by atoms with Crippen molar-refractivity contribution in [2.45, 2.75) is 33.7 Å². The molecule has 2 aromatic rings. The number of aryl methyl sites for hydroxylation is 3. The molecule has 1 atom stereocenters. The largest absolute Gasteiger partial charge is 0.345 e. The number of carbonyl (C=O) groups excluding carboxylic acids is 1. The van der Waals surface area contributed by atoms with E-state index < -0.39 is 0 Å². The number of amides is 1. The van der Waals surface area contributed by atoms with E-state index in [1.165, 1.54) is 11.1 Å². The lowest BCUT2D eigenvalue weighted by Gasteiger charge is -2.18. The molecule has 0 aromatic heterocycles. The summed E-state index contributed by atoms with van der Waals surface area (Å²) in [6, 6.07) is 12.1. The lowest BCUT2D eigenvalue weighted by atomic mass is 9.99. The summed E-state index contributed by atoms with van der Waals surface area (Å²) in [6.07, 6.45) is 0. The lowest BCUT2D eigenvalue weighted by Crippen LogP contribution is -2.27. The standard InChI is InChI=1S/C18H20BrNO/c1-11-5-7-13(3)15(9-11)14(4)20-18(21)16-10-12(2)6-8-17(16)19/h5-10,14H,1-4H3,(H,20,21). The molecule has 0 aliphatic heterocycles. The first-order valence-corrected chi connectivity index (χ1v) is 7.82. The molecule has 2 nitrogen and oxygen atoms in total. The molecule has 0 heterocycles. The van der Waals surface area contributed by atoms with Crippen molar-refractivity contribution < 1.29 is 4.79 Å². The van der Waals surface area contributed by atoms with Crippen molar-refractivity contribution in [3.05, 3.63) is 68.7 Å². The Morgan fingerprint density at radius 1 is 1.05 bits per heavy atom. The molecular weight excluding hydrogens is 326 g/mol. The summed E-state index contributed by atoms with van der Waals surface area (Å²) in [5, 5.41) is 3.08. The maximum absolute atomic E-state index is 12.5. The number of benzene rings is 2. The van der Waals surface area contributed by atoms with Gasteiger partial charge in [0.2, 0.25) is 0 Å². The zero-order valence-corrected chi connectivity index (χ0v) is 14.4. The summed E-state index contributed by atoms with van der Waals surface area (Å²) >= 11 is 3.44. The van der Waals surface area contributed by atoms with Gasteiger partial charge in [0.1, 0.15) is 0 Å². The van der Waals surface area contributed by atoms with Crippen LogP contribution in [0.4, 0.5) is 0 Å². The minimum atomic E-state index is -0.0565. The van der Waals surface area contributed by atoms with Crippen LogP contribution in [0.1, 0.15) is 45.6 Å². The number of rotatable bonds is 3. The summed E-state index contributed by atoms with van der Waals surface area (Å²) in [4.78, 5) is 12.5. The lowest BCUT2D eigenvalue weighted by molar-refractivity contribution is 0.0939. The van der Waals surface area contributed by atoms with E-state index in [1.807, 2.05) is 32.0 Å². The zero-order valence-electron chi connectivity index (χ0n) is 12.8. The van der Waals surface area contributed by atoms with E-state index in [0.717, 1.165) is 15.6 Å². The van der Waals surface area contributed by atoms with E-state index >= 15 is 0 Å². The van der Waals surface area contributed by atoms with E-state index in [0.29, 0.717) is 5.56 Å². The second-order valence-corrected chi connectivity index (χ2v) is 6.39. The van der Waals surface area contributed by atoms with E-state index in [1.54, 1.807) is 0 Å². The first kappa shape index (κ1) is 15.8. The minimum absolute atomic E-state index is 0.0233. The van der Waals surface area contributed by atoms with Crippen LogP contribution in [0.15, 0.2) is 40.9 Å². The smallest absolute Gasteiger partial charge is 0.252 e. The van der Waals surface area contributed by atoms with E-state index in [9.17, 15) is 4.79 Å². The van der Waals surface area contributed by atoms with Crippen LogP contribution in [0.5, 0.6) is 0 Å². The fourth-order valence-electron chi connectivity index (χ4n) is 2.39. The van der Waals surface area contributed by atoms with Crippen molar-refractivity contribution in [1.82, 2.24) is 5.32 Å². The molecule has 0 saturated heterocycles. The Morgan fingerprint density at radius 2 is 1.67 bits per heavy atom. The van der Waals surface area contributed by atoms with E-state index in [2.05, 4.69) is 53.3 Å². The van der Waals surface area contributed by atoms with Crippen LogP contribution in [0, 0.1) is 20.8 Å². The Hall–Kier alpha value is -1.61. The van der Waals surface area contributed by atoms with Gasteiger partial charge in [0.25, 0.3) is 5.91 Å². The third-order valence-electron chi connectivity index (χ3n) is 3.62. The highest BCUT2D eigenvalue weighted by molar-refractivity contribution is 9.10. The molecule has 1 unspecified atom stereocenters. The molecule has 0 fully saturated rings. The minimum Gasteiger partial charge on any atom is -0.345 e. The fourth-order valence-corrected chi connectivity index (χ4v) is 2.82. The molecule has 0 saturated carbocycles. The van der Waals surface area contributed by atoms with Crippen molar-refractivity contribution in [2.75, 3.05) is 0 Å². The van der Waals surface area contributed by atoms with Gasteiger partial charge >= 0.3 is 0 Å². The molecule has 2 rings (SSSR count). The topological polar surface area (TPSA) is 29.1 Å². The summed E-state index contributed by atoms with van der Waals surface area (Å²) in [5.41, 5.74) is 5.30. The van der Waals surface area contributed by atoms with Gasteiger partial charge in [0.15, 0.2) is 0 Å². The van der Waals surface area contributed by atoms with Crippen LogP contribution in [-0.2, 0) is 0 Å². The van der Waals surface area contributed by atoms with Gasteiger partial charge in [-0.25, -0.2) is 0 Å². The predicted molar refractivity (Wildman–Crippen MR) is 90.7 cm³/mol. The van der Waals surface area contributed by atoms with E-state index in [-0.39, 0.29) is 11.9 Å². The summed E-state index contributed by atoms with van der Waals surface area (Å²) in [6.45, 7) is 8.13. The second-order valence-electron chi connectivity index (χ2n) is 5.54. The van der Waals surface area contributed by atoms with Crippen LogP contribution in [-0.4, -0.2) is 5.91 Å². The van der Waals surface area contributed by atoms with Gasteiger partial charge in [0, 0.05) is 4.47 Å². The highest BCUT2D eigenvalue weighted by Gasteiger charge is 2.15. The van der Waals surface area contributed by atoms with Crippen LogP contribution < -0.4 is 5.32 Å². The first-order chi connectivity index (χ1) is 9.88. The molecular formula is C18H20BrNO. The van der Waals surface area contributed by atoms with Crippen molar-refractivity contribution in [3.8, 4) is 0 Å². The van der Waals surface area contributed by atoms with Gasteiger partial charge in [-0.15, -0.1) is 0 Å². The fraction of sp³-hybridized carbons (Fsp3) is 0.278. The Labute approximate surface area is 134 Å². The molecule has 0 bridgehead atoms. The molecule has 0 aliphatic carbocycles. The van der Waals surface area contributed by atoms with Gasteiger partial charge in [0.05, 0.1) is 11.6 Å². The summed E-state index contributed by atoms with van der Waals surface area (Å²) in [7, 11) is 0. The number of hydrogen-bond acceptors (Lipinski definition) is 1. The van der Waals surface area contributed by atoms with Gasteiger partial charge in [-0.2, -0.15) is 0 Å². The van der Waals surface area contributed by atoms with Crippen LogP contribution in [0.2, 0.25) is 0 Å². The molecule has 1 amide bonds. The molecule has 1 N–H and O–H groups in total. The number of hydrogen-bond donors (Lipinski definition) is 1. The average molecular weight is 346 g/mol. The normalized spacial score (nSPS) is 12.0. The van der Waals surface area contributed by atoms with Crippen LogP contribution >= 0.6 is 15.9 Å². The quantitative estimate of drug-likeness (QED) is 0.844. The summed E-state index contributed by atoms with van der Waals surface area (Å²) in [5.74, 6) is -0.0565. The highest BCUT2D eigenvalue weighted by Crippen LogP contribution is 2.22. The van der Waals surface area contributed by atoms with Crippen molar-refractivity contribution in [2.24, 2.45) is 0 Å². The second kappa shape index (κ2) is 6.44. The van der Waals surface area contributed by atoms with Crippen LogP contribution in [0.25, 0.3) is 0 Å². The highest BCUT2D eigenvalue weighted by atomic mass is 79.9. The Balaban J connectivity index is 2.23. The van der Waals surface area contributed by atoms with Gasteiger partial charge < -0.3 is 5.32 Å². The first-order valence-electron chi connectivity index (χ1n) is 7.02. The predicted octanol–water partition coefficient (Wildman–Crippen LogP) is 4.87. The van der Waals surface area contributed by atoms with Gasteiger partial charge in [-0.05, 0) is 66.9 Å². The number of halogens is 1. The number of nitrogens with one attached hydrogen (secondary N) is 1. The third-order valence-corrected chi connectivity index (χ3v) is 4.31. The monoisotopic (exact) mass is 345 g/mol. The van der Waals surface area contributed by atoms with E-state index in [4.69, 9.17) is 0 Å². The van der Waals surface area contributed by atoms with Crippen molar-refractivity contribution in [3.63, 3.8) is 0 Å². The molecule has 2 aromatic carbocycles. The molecule has 3 heteroatoms. The Kier molecular flexibility index (Phi) is 4.84. The van der Waals surface area contributed by atoms with Crippen molar-refractivity contribution in [1.29, 1.82) is 0 Å². The van der Waals surface area contributed by atoms with Gasteiger partial charge in [-0.3, -0.25) is 4.79 Å². The maximum Gasteiger partial charge on any atom is 0.252 e. The Bertz CT molecular complexity index is 679. The summed E-state index contributed by atoms with van der Waals surface area (Å²) < 4.78 is 0.818. The molecule has 0 spiro atoms. The molecule has 110 valence electrons. The molecule has 0 radical (unpaired) electrons. The maximum atomic E-state index is 12.5. The number of carbonyl (C=O) groups is 1. The molecule has 21 heavy (non-hydrogen) atoms. The van der Waals surface area contributed by atoms with Gasteiger partial charge in [-0.1, -0.05) is 35.4 Å². The molecule has 0 aliphatic rings.